The zero-order valence-electron chi connectivity index (χ0n) is 22.2. The number of carbonyl (C=O) groups excluding carboxylic acids is 1. The molecule has 2 aliphatic heterocycles. The van der Waals surface area contributed by atoms with Gasteiger partial charge in [0.25, 0.3) is 5.56 Å². The minimum atomic E-state index is -1.37. The number of rotatable bonds is 11. The van der Waals surface area contributed by atoms with Gasteiger partial charge in [0.1, 0.15) is 12.0 Å². The van der Waals surface area contributed by atoms with Crippen LogP contribution in [0.4, 0.5) is 0 Å². The third kappa shape index (κ3) is 4.93. The maximum Gasteiger partial charge on any atom is 0.343 e. The molecule has 0 fully saturated rings. The molecule has 0 radical (unpaired) electrons. The van der Waals surface area contributed by atoms with E-state index in [9.17, 15) is 9.59 Å². The molecule has 0 aliphatic carbocycles. The standard InChI is InChI=1S/C28H29N5O5S2/c1-3-28(38-18(2)40-39-13-12-36-11-10-32-9-8-29-31-32)22-15-24-25-20(14-19-6-4-5-7-23(19)30-25)16-33(24)26(34)21(22)17-37-27(28)35/h4-9,14-15,18H,3,10-13,16-17H2,1-2H3/t18?,28-/m0/s1. The number of hydrogen-bond donors (Lipinski definition) is 0. The van der Waals surface area contributed by atoms with E-state index in [0.717, 1.165) is 27.9 Å². The largest absolute Gasteiger partial charge is 0.458 e. The van der Waals surface area contributed by atoms with Crippen LogP contribution in [0.25, 0.3) is 22.3 Å². The fourth-order valence-electron chi connectivity index (χ4n) is 5.26. The SMILES string of the molecule is CC[C@@]1(OC(C)SSCCOCCn2ccnn2)C(=O)OCc2c1cc1n(c2=O)Cc2cc3ccccc3nc2-1. The van der Waals surface area contributed by atoms with Crippen molar-refractivity contribution in [2.24, 2.45) is 0 Å². The lowest BCUT2D eigenvalue weighted by Crippen LogP contribution is -2.47. The molecule has 3 aromatic heterocycles. The Labute approximate surface area is 238 Å². The molecular weight excluding hydrogens is 550 g/mol. The Morgan fingerprint density at radius 3 is 2.90 bits per heavy atom. The van der Waals surface area contributed by atoms with Crippen molar-refractivity contribution in [1.82, 2.24) is 24.5 Å². The molecule has 0 saturated carbocycles. The van der Waals surface area contributed by atoms with Crippen LogP contribution < -0.4 is 5.56 Å². The highest BCUT2D eigenvalue weighted by Crippen LogP contribution is 2.43. The van der Waals surface area contributed by atoms with Crippen LogP contribution in [0.5, 0.6) is 0 Å². The molecule has 4 aromatic rings. The molecule has 0 N–H and O–H groups in total. The van der Waals surface area contributed by atoms with Gasteiger partial charge in [-0.1, -0.05) is 51.9 Å². The summed E-state index contributed by atoms with van der Waals surface area (Å²) >= 11 is 0. The highest BCUT2D eigenvalue weighted by atomic mass is 33.1. The van der Waals surface area contributed by atoms with E-state index in [-0.39, 0.29) is 17.6 Å². The lowest BCUT2D eigenvalue weighted by Gasteiger charge is -2.37. The fourth-order valence-corrected chi connectivity index (χ4v) is 7.12. The van der Waals surface area contributed by atoms with Crippen LogP contribution in [-0.2, 0) is 44.3 Å². The molecule has 12 heteroatoms. The molecule has 2 aliphatic rings. The molecule has 0 bridgehead atoms. The van der Waals surface area contributed by atoms with Crippen LogP contribution in [-0.4, -0.2) is 54.9 Å². The van der Waals surface area contributed by atoms with Gasteiger partial charge in [-0.3, -0.25) is 9.48 Å². The van der Waals surface area contributed by atoms with Crippen molar-refractivity contribution in [3.63, 3.8) is 0 Å². The molecule has 0 saturated heterocycles. The van der Waals surface area contributed by atoms with Crippen molar-refractivity contribution in [2.75, 3.05) is 19.0 Å². The van der Waals surface area contributed by atoms with Gasteiger partial charge >= 0.3 is 5.97 Å². The second-order valence-corrected chi connectivity index (χ2v) is 12.4. The molecule has 10 nitrogen and oxygen atoms in total. The number of ether oxygens (including phenoxy) is 3. The average molecular weight is 580 g/mol. The molecule has 208 valence electrons. The first-order valence-corrected chi connectivity index (χ1v) is 15.6. The maximum atomic E-state index is 13.7. The third-order valence-electron chi connectivity index (χ3n) is 7.20. The second kappa shape index (κ2) is 11.4. The number of nitrogens with zero attached hydrogens (tertiary/aromatic N) is 5. The van der Waals surface area contributed by atoms with Gasteiger partial charge in [0.2, 0.25) is 0 Å². The predicted octanol–water partition coefficient (Wildman–Crippen LogP) is 4.14. The summed E-state index contributed by atoms with van der Waals surface area (Å²) in [7, 11) is 3.13. The van der Waals surface area contributed by atoms with Crippen molar-refractivity contribution in [1.29, 1.82) is 0 Å². The van der Waals surface area contributed by atoms with Gasteiger partial charge in [-0.15, -0.1) is 5.10 Å². The smallest absolute Gasteiger partial charge is 0.343 e. The summed E-state index contributed by atoms with van der Waals surface area (Å²) in [5.74, 6) is 0.284. The molecule has 6 rings (SSSR count). The number of hydrogen-bond acceptors (Lipinski definition) is 10. The van der Waals surface area contributed by atoms with Gasteiger partial charge in [0.15, 0.2) is 5.60 Å². The monoisotopic (exact) mass is 579 g/mol. The summed E-state index contributed by atoms with van der Waals surface area (Å²) in [5, 5.41) is 8.71. The van der Waals surface area contributed by atoms with Crippen LogP contribution >= 0.6 is 21.6 Å². The van der Waals surface area contributed by atoms with Crippen LogP contribution in [0.2, 0.25) is 0 Å². The van der Waals surface area contributed by atoms with E-state index < -0.39 is 11.6 Å². The maximum absolute atomic E-state index is 13.7. The molecule has 40 heavy (non-hydrogen) atoms. The minimum absolute atomic E-state index is 0.0631. The molecule has 5 heterocycles. The Bertz CT molecular complexity index is 1610. The first-order chi connectivity index (χ1) is 19.5. The van der Waals surface area contributed by atoms with Crippen molar-refractivity contribution in [3.8, 4) is 11.4 Å². The van der Waals surface area contributed by atoms with E-state index in [1.54, 1.807) is 32.4 Å². The highest BCUT2D eigenvalue weighted by molar-refractivity contribution is 8.76. The number of benzene rings is 1. The van der Waals surface area contributed by atoms with Gasteiger partial charge in [0, 0.05) is 28.5 Å². The number of carbonyl (C=O) groups is 1. The lowest BCUT2D eigenvalue weighted by molar-refractivity contribution is -0.182. The van der Waals surface area contributed by atoms with Crippen LogP contribution in [0.15, 0.2) is 53.6 Å². The molecular formula is C28H29N5O5S2. The number of fused-ring (bicyclic) bond motifs is 5. The molecule has 0 spiro atoms. The number of aromatic nitrogens is 5. The first kappa shape index (κ1) is 27.0. The van der Waals surface area contributed by atoms with Gasteiger partial charge in [-0.05, 0) is 31.5 Å². The van der Waals surface area contributed by atoms with E-state index in [0.29, 0.717) is 49.5 Å². The van der Waals surface area contributed by atoms with Gasteiger partial charge in [0.05, 0.1) is 55.0 Å². The van der Waals surface area contributed by atoms with E-state index in [1.165, 1.54) is 10.8 Å². The topological polar surface area (TPSA) is 110 Å². The quantitative estimate of drug-likeness (QED) is 0.0980. The van der Waals surface area contributed by atoms with Gasteiger partial charge in [-0.2, -0.15) is 0 Å². The van der Waals surface area contributed by atoms with Crippen LogP contribution in [0.1, 0.15) is 37.0 Å². The summed E-state index contributed by atoms with van der Waals surface area (Å²) in [4.78, 5) is 31.9. The third-order valence-corrected chi connectivity index (χ3v) is 9.76. The van der Waals surface area contributed by atoms with Crippen molar-refractivity contribution < 1.29 is 19.0 Å². The van der Waals surface area contributed by atoms with E-state index in [2.05, 4.69) is 16.4 Å². The van der Waals surface area contributed by atoms with Crippen LogP contribution in [0.3, 0.4) is 0 Å². The van der Waals surface area contributed by atoms with E-state index in [1.807, 2.05) is 44.2 Å². The van der Waals surface area contributed by atoms with Crippen molar-refractivity contribution in [3.05, 3.63) is 75.8 Å². The highest BCUT2D eigenvalue weighted by Gasteiger charge is 2.49. The number of para-hydroxylation sites is 1. The van der Waals surface area contributed by atoms with E-state index >= 15 is 0 Å². The van der Waals surface area contributed by atoms with Crippen molar-refractivity contribution >= 4 is 38.5 Å². The molecule has 1 unspecified atom stereocenters. The molecule has 1 aromatic carbocycles. The summed E-state index contributed by atoms with van der Waals surface area (Å²) in [6.07, 6.45) is 3.77. The Balaban J connectivity index is 1.19. The second-order valence-electron chi connectivity index (χ2n) is 9.64. The average Bonchev–Trinajstić information content (AvgIpc) is 3.61. The predicted molar refractivity (Wildman–Crippen MR) is 154 cm³/mol. The molecule has 2 atom stereocenters. The summed E-state index contributed by atoms with van der Waals surface area (Å²) < 4.78 is 21.1. The van der Waals surface area contributed by atoms with Crippen LogP contribution in [0, 0.1) is 0 Å². The Morgan fingerprint density at radius 2 is 2.08 bits per heavy atom. The van der Waals surface area contributed by atoms with E-state index in [4.69, 9.17) is 19.2 Å². The summed E-state index contributed by atoms with van der Waals surface area (Å²) in [5.41, 5.74) is 2.49. The number of pyridine rings is 2. The number of cyclic esters (lactones) is 1. The Morgan fingerprint density at radius 1 is 1.20 bits per heavy atom. The summed E-state index contributed by atoms with van der Waals surface area (Å²) in [6, 6.07) is 11.9. The Kier molecular flexibility index (Phi) is 7.67. The first-order valence-electron chi connectivity index (χ1n) is 13.2. The van der Waals surface area contributed by atoms with Crippen molar-refractivity contribution in [2.45, 2.75) is 51.0 Å². The number of esters is 1. The normalized spacial score (nSPS) is 18.3. The molecule has 0 amide bonds. The van der Waals surface area contributed by atoms with Gasteiger partial charge in [-0.25, -0.2) is 9.78 Å². The zero-order chi connectivity index (χ0) is 27.7. The minimum Gasteiger partial charge on any atom is -0.458 e. The zero-order valence-corrected chi connectivity index (χ0v) is 23.9. The fraction of sp³-hybridized carbons (Fsp3) is 0.393. The Hall–Kier alpha value is -3.19. The summed E-state index contributed by atoms with van der Waals surface area (Å²) in [6.45, 7) is 5.94. The lowest BCUT2D eigenvalue weighted by atomic mass is 9.85. The van der Waals surface area contributed by atoms with Gasteiger partial charge < -0.3 is 18.8 Å².